The predicted molar refractivity (Wildman–Crippen MR) is 104 cm³/mol. The molecule has 0 aliphatic heterocycles. The van der Waals surface area contributed by atoms with Crippen LogP contribution in [-0.2, 0) is 11.3 Å². The van der Waals surface area contributed by atoms with Gasteiger partial charge in [-0.25, -0.2) is 9.98 Å². The summed E-state index contributed by atoms with van der Waals surface area (Å²) in [6.07, 6.45) is 5.90. The van der Waals surface area contributed by atoms with Crippen molar-refractivity contribution < 1.29 is 4.79 Å². The maximum absolute atomic E-state index is 12.1. The van der Waals surface area contributed by atoms with Gasteiger partial charge in [-0.05, 0) is 25.7 Å². The molecule has 0 unspecified atom stereocenters. The molecule has 1 saturated carbocycles. The first-order valence-electron chi connectivity index (χ1n) is 9.34. The number of hydrogen-bond acceptors (Lipinski definition) is 4. The van der Waals surface area contributed by atoms with Crippen LogP contribution in [0.15, 0.2) is 10.4 Å². The van der Waals surface area contributed by atoms with Crippen LogP contribution < -0.4 is 16.0 Å². The van der Waals surface area contributed by atoms with Gasteiger partial charge < -0.3 is 16.0 Å². The molecule has 0 aromatic carbocycles. The van der Waals surface area contributed by atoms with Crippen molar-refractivity contribution in [3.63, 3.8) is 0 Å². The fraction of sp³-hybridized carbons (Fsp3) is 0.722. The standard InChI is InChI=1S/C18H31N5OS/c1-4-19-18(21-11-17-23-15(12-25-17)13(2)3)20-10-16(24)22-14-8-6-5-7-9-14/h12-14H,4-11H2,1-3H3,(H,22,24)(H2,19,20,21). The van der Waals surface area contributed by atoms with Gasteiger partial charge in [0.2, 0.25) is 5.91 Å². The van der Waals surface area contributed by atoms with Gasteiger partial charge in [-0.3, -0.25) is 4.79 Å². The summed E-state index contributed by atoms with van der Waals surface area (Å²) in [5.41, 5.74) is 1.12. The first kappa shape index (κ1) is 19.7. The third-order valence-electron chi connectivity index (χ3n) is 4.26. The lowest BCUT2D eigenvalue weighted by Crippen LogP contribution is -2.40. The summed E-state index contributed by atoms with van der Waals surface area (Å²) in [4.78, 5) is 21.1. The second-order valence-electron chi connectivity index (χ2n) is 6.77. The van der Waals surface area contributed by atoms with Gasteiger partial charge >= 0.3 is 0 Å². The van der Waals surface area contributed by atoms with Crippen LogP contribution >= 0.6 is 11.3 Å². The molecule has 1 fully saturated rings. The molecule has 0 saturated heterocycles. The molecule has 1 aromatic heterocycles. The number of carbonyl (C=O) groups excluding carboxylic acids is 1. The Bertz CT molecular complexity index is 564. The van der Waals surface area contributed by atoms with Crippen LogP contribution in [0.3, 0.4) is 0 Å². The number of aromatic nitrogens is 1. The number of carbonyl (C=O) groups is 1. The Kier molecular flexibility index (Phi) is 8.18. The minimum Gasteiger partial charge on any atom is -0.357 e. The maximum Gasteiger partial charge on any atom is 0.242 e. The topological polar surface area (TPSA) is 78.4 Å². The highest BCUT2D eigenvalue weighted by Gasteiger charge is 2.15. The van der Waals surface area contributed by atoms with E-state index in [2.05, 4.69) is 45.2 Å². The molecule has 0 bridgehead atoms. The summed E-state index contributed by atoms with van der Waals surface area (Å²) in [6.45, 7) is 7.82. The molecule has 1 aliphatic rings. The summed E-state index contributed by atoms with van der Waals surface area (Å²) in [5, 5.41) is 12.7. The average Bonchev–Trinajstić information content (AvgIpc) is 3.07. The van der Waals surface area contributed by atoms with Gasteiger partial charge in [0.25, 0.3) is 0 Å². The molecule has 2 rings (SSSR count). The molecule has 140 valence electrons. The maximum atomic E-state index is 12.1. The number of rotatable bonds is 7. The Labute approximate surface area is 154 Å². The van der Waals surface area contributed by atoms with Crippen molar-refractivity contribution in [1.29, 1.82) is 0 Å². The largest absolute Gasteiger partial charge is 0.357 e. The number of thiazole rings is 1. The van der Waals surface area contributed by atoms with E-state index in [1.807, 2.05) is 6.92 Å². The van der Waals surface area contributed by atoms with Crippen LogP contribution in [0.4, 0.5) is 0 Å². The Hall–Kier alpha value is -1.63. The molecule has 3 N–H and O–H groups in total. The van der Waals surface area contributed by atoms with Gasteiger partial charge in [0, 0.05) is 18.0 Å². The summed E-state index contributed by atoms with van der Waals surface area (Å²) >= 11 is 1.65. The number of hydrogen-bond donors (Lipinski definition) is 3. The van der Waals surface area contributed by atoms with Gasteiger partial charge in [0.15, 0.2) is 5.96 Å². The lowest BCUT2D eigenvalue weighted by Gasteiger charge is -2.22. The molecule has 6 nitrogen and oxygen atoms in total. The molecule has 1 amide bonds. The lowest BCUT2D eigenvalue weighted by molar-refractivity contribution is -0.120. The van der Waals surface area contributed by atoms with Crippen LogP contribution in [0.5, 0.6) is 0 Å². The molecule has 25 heavy (non-hydrogen) atoms. The molecule has 7 heteroatoms. The fourth-order valence-corrected chi connectivity index (χ4v) is 3.74. The van der Waals surface area contributed by atoms with Gasteiger partial charge in [-0.2, -0.15) is 0 Å². The Morgan fingerprint density at radius 3 is 2.72 bits per heavy atom. The second kappa shape index (κ2) is 10.4. The van der Waals surface area contributed by atoms with E-state index >= 15 is 0 Å². The van der Waals surface area contributed by atoms with Gasteiger partial charge in [-0.15, -0.1) is 11.3 Å². The van der Waals surface area contributed by atoms with E-state index in [0.717, 1.165) is 30.1 Å². The fourth-order valence-electron chi connectivity index (χ4n) is 2.84. The minimum atomic E-state index is 0.000413. The zero-order chi connectivity index (χ0) is 18.1. The van der Waals surface area contributed by atoms with Crippen molar-refractivity contribution in [3.05, 3.63) is 16.1 Å². The number of guanidine groups is 1. The normalized spacial score (nSPS) is 16.1. The predicted octanol–water partition coefficient (Wildman–Crippen LogP) is 2.77. The van der Waals surface area contributed by atoms with E-state index < -0.39 is 0 Å². The van der Waals surface area contributed by atoms with E-state index in [0.29, 0.717) is 24.5 Å². The van der Waals surface area contributed by atoms with Crippen molar-refractivity contribution in [2.45, 2.75) is 71.4 Å². The van der Waals surface area contributed by atoms with Crippen LogP contribution in [0.2, 0.25) is 0 Å². The quantitative estimate of drug-likeness (QED) is 0.513. The highest BCUT2D eigenvalue weighted by molar-refractivity contribution is 7.09. The third kappa shape index (κ3) is 7.02. The number of amides is 1. The van der Waals surface area contributed by atoms with Crippen LogP contribution in [-0.4, -0.2) is 36.0 Å². The molecule has 0 spiro atoms. The van der Waals surface area contributed by atoms with Crippen molar-refractivity contribution in [1.82, 2.24) is 20.9 Å². The average molecular weight is 366 g/mol. The summed E-state index contributed by atoms with van der Waals surface area (Å²) in [5.74, 6) is 1.10. The van der Waals surface area contributed by atoms with Crippen molar-refractivity contribution in [3.8, 4) is 0 Å². The van der Waals surface area contributed by atoms with Gasteiger partial charge in [0.05, 0.1) is 12.2 Å². The minimum absolute atomic E-state index is 0.000413. The first-order chi connectivity index (χ1) is 12.1. The molecule has 1 heterocycles. The van der Waals surface area contributed by atoms with Crippen molar-refractivity contribution in [2.75, 3.05) is 13.1 Å². The first-order valence-corrected chi connectivity index (χ1v) is 10.2. The molecular formula is C18H31N5OS. The van der Waals surface area contributed by atoms with Crippen LogP contribution in [0.1, 0.15) is 69.5 Å². The van der Waals surface area contributed by atoms with Crippen molar-refractivity contribution in [2.24, 2.45) is 4.99 Å². The summed E-state index contributed by atoms with van der Waals surface area (Å²) in [7, 11) is 0. The Morgan fingerprint density at radius 1 is 1.32 bits per heavy atom. The smallest absolute Gasteiger partial charge is 0.242 e. The van der Waals surface area contributed by atoms with Crippen molar-refractivity contribution >= 4 is 23.2 Å². The zero-order valence-corrected chi connectivity index (χ0v) is 16.4. The number of nitrogens with one attached hydrogen (secondary N) is 3. The van der Waals surface area contributed by atoms with E-state index in [9.17, 15) is 4.79 Å². The van der Waals surface area contributed by atoms with Gasteiger partial charge in [-0.1, -0.05) is 33.1 Å². The third-order valence-corrected chi connectivity index (χ3v) is 5.13. The van der Waals surface area contributed by atoms with Crippen LogP contribution in [0, 0.1) is 0 Å². The summed E-state index contributed by atoms with van der Waals surface area (Å²) < 4.78 is 0. The lowest BCUT2D eigenvalue weighted by atomic mass is 9.95. The van der Waals surface area contributed by atoms with E-state index in [4.69, 9.17) is 0 Å². The number of nitrogens with zero attached hydrogens (tertiary/aromatic N) is 2. The van der Waals surface area contributed by atoms with E-state index in [1.165, 1.54) is 19.3 Å². The monoisotopic (exact) mass is 365 g/mol. The molecule has 1 aliphatic carbocycles. The Balaban J connectivity index is 1.81. The van der Waals surface area contributed by atoms with Gasteiger partial charge in [0.1, 0.15) is 11.6 Å². The zero-order valence-electron chi connectivity index (χ0n) is 15.6. The SMILES string of the molecule is CCNC(=NCC(=O)NC1CCCCC1)NCc1nc(C(C)C)cs1. The highest BCUT2D eigenvalue weighted by atomic mass is 32.1. The Morgan fingerprint density at radius 2 is 2.08 bits per heavy atom. The summed E-state index contributed by atoms with van der Waals surface area (Å²) in [6, 6.07) is 0.330. The van der Waals surface area contributed by atoms with Crippen LogP contribution in [0.25, 0.3) is 0 Å². The molecule has 1 aromatic rings. The van der Waals surface area contributed by atoms with E-state index in [1.54, 1.807) is 11.3 Å². The molecule has 0 atom stereocenters. The highest BCUT2D eigenvalue weighted by Crippen LogP contribution is 2.18. The van der Waals surface area contributed by atoms with E-state index in [-0.39, 0.29) is 12.5 Å². The molecular weight excluding hydrogens is 334 g/mol. The second-order valence-corrected chi connectivity index (χ2v) is 7.71. The molecule has 0 radical (unpaired) electrons. The number of aliphatic imine (C=N–C) groups is 1.